The lowest BCUT2D eigenvalue weighted by molar-refractivity contribution is 0.0692. The summed E-state index contributed by atoms with van der Waals surface area (Å²) in [6.45, 7) is 0.130. The first-order chi connectivity index (χ1) is 9.59. The van der Waals surface area contributed by atoms with E-state index in [9.17, 15) is 9.59 Å². The molecule has 20 heavy (non-hydrogen) atoms. The molecule has 1 N–H and O–H groups in total. The van der Waals surface area contributed by atoms with E-state index in [2.05, 4.69) is 4.98 Å². The Labute approximate surface area is 119 Å². The van der Waals surface area contributed by atoms with Crippen LogP contribution in [-0.2, 0) is 11.3 Å². The molecular formula is C13H12N2O4S. The summed E-state index contributed by atoms with van der Waals surface area (Å²) in [5.41, 5.74) is 2.07. The Morgan fingerprint density at radius 2 is 2.05 bits per heavy atom. The second-order valence-electron chi connectivity index (χ2n) is 3.91. The van der Waals surface area contributed by atoms with Crippen LogP contribution in [0.3, 0.4) is 0 Å². The van der Waals surface area contributed by atoms with Gasteiger partial charge in [-0.05, 0) is 5.56 Å². The zero-order valence-corrected chi connectivity index (χ0v) is 11.5. The smallest absolute Gasteiger partial charge is 0.415 e. The van der Waals surface area contributed by atoms with Gasteiger partial charge in [-0.2, -0.15) is 0 Å². The summed E-state index contributed by atoms with van der Waals surface area (Å²) in [6, 6.07) is 9.23. The molecule has 0 aliphatic rings. The van der Waals surface area contributed by atoms with Gasteiger partial charge in [0.25, 0.3) is 0 Å². The van der Waals surface area contributed by atoms with E-state index in [4.69, 9.17) is 9.84 Å². The van der Waals surface area contributed by atoms with Crippen LogP contribution in [0.5, 0.6) is 0 Å². The van der Waals surface area contributed by atoms with Crippen molar-refractivity contribution in [2.24, 2.45) is 0 Å². The Kier molecular flexibility index (Phi) is 4.31. The maximum Gasteiger partial charge on any atom is 0.415 e. The number of carbonyl (C=O) groups is 2. The summed E-state index contributed by atoms with van der Waals surface area (Å²) >= 11 is 1.07. The van der Waals surface area contributed by atoms with Crippen molar-refractivity contribution < 1.29 is 19.4 Å². The van der Waals surface area contributed by atoms with E-state index >= 15 is 0 Å². The van der Waals surface area contributed by atoms with Crippen LogP contribution in [0, 0.1) is 0 Å². The number of carboxylic acid groups (broad SMARTS) is 1. The summed E-state index contributed by atoms with van der Waals surface area (Å²) in [5, 5.41) is 9.20. The molecule has 0 unspecified atom stereocenters. The maximum atomic E-state index is 11.9. The topological polar surface area (TPSA) is 79.7 Å². The number of amides is 1. The Hall–Kier alpha value is -2.41. The molecule has 104 valence electrons. The van der Waals surface area contributed by atoms with Gasteiger partial charge < -0.3 is 9.84 Å². The van der Waals surface area contributed by atoms with Gasteiger partial charge in [0.2, 0.25) is 0 Å². The molecule has 0 aliphatic carbocycles. The van der Waals surface area contributed by atoms with E-state index in [0.717, 1.165) is 21.8 Å². The van der Waals surface area contributed by atoms with Crippen molar-refractivity contribution in [3.8, 4) is 0 Å². The SMILES string of the molecule is CN(C(=O)OCc1ccccc1)c1scnc1C(=O)O. The minimum Gasteiger partial charge on any atom is -0.476 e. The summed E-state index contributed by atoms with van der Waals surface area (Å²) < 4.78 is 5.12. The summed E-state index contributed by atoms with van der Waals surface area (Å²) in [5.74, 6) is -1.18. The van der Waals surface area contributed by atoms with Crippen LogP contribution in [0.25, 0.3) is 0 Å². The minimum absolute atomic E-state index is 0.130. The van der Waals surface area contributed by atoms with Crippen molar-refractivity contribution in [1.29, 1.82) is 0 Å². The van der Waals surface area contributed by atoms with E-state index in [1.54, 1.807) is 0 Å². The number of nitrogens with zero attached hydrogens (tertiary/aromatic N) is 2. The van der Waals surface area contributed by atoms with Gasteiger partial charge in [0.05, 0.1) is 5.51 Å². The van der Waals surface area contributed by atoms with Gasteiger partial charge in [0.1, 0.15) is 11.6 Å². The molecular weight excluding hydrogens is 280 g/mol. The lowest BCUT2D eigenvalue weighted by atomic mass is 10.2. The molecule has 0 radical (unpaired) electrons. The molecule has 1 heterocycles. The van der Waals surface area contributed by atoms with E-state index in [1.807, 2.05) is 30.3 Å². The fourth-order valence-corrected chi connectivity index (χ4v) is 2.27. The first kappa shape index (κ1) is 14.0. The van der Waals surface area contributed by atoms with Crippen molar-refractivity contribution in [2.75, 3.05) is 11.9 Å². The highest BCUT2D eigenvalue weighted by atomic mass is 32.1. The average Bonchev–Trinajstić information content (AvgIpc) is 2.94. The number of anilines is 1. The molecule has 2 aromatic rings. The number of aromatic nitrogens is 1. The standard InChI is InChI=1S/C13H12N2O4S/c1-15(11-10(12(16)17)14-8-20-11)13(18)19-7-9-5-3-2-4-6-9/h2-6,8H,7H2,1H3,(H,16,17). The van der Waals surface area contributed by atoms with Crippen molar-refractivity contribution in [3.63, 3.8) is 0 Å². The number of hydrogen-bond donors (Lipinski definition) is 1. The van der Waals surface area contributed by atoms with Gasteiger partial charge >= 0.3 is 12.1 Å². The highest BCUT2D eigenvalue weighted by Crippen LogP contribution is 2.24. The van der Waals surface area contributed by atoms with Gasteiger partial charge in [-0.15, -0.1) is 11.3 Å². The fraction of sp³-hybridized carbons (Fsp3) is 0.154. The second kappa shape index (κ2) is 6.16. The first-order valence-electron chi connectivity index (χ1n) is 5.70. The number of thiazole rings is 1. The number of benzene rings is 1. The predicted molar refractivity (Wildman–Crippen MR) is 74.1 cm³/mol. The number of carboxylic acids is 1. The third-order valence-electron chi connectivity index (χ3n) is 2.53. The number of carbonyl (C=O) groups excluding carboxylic acids is 1. The van der Waals surface area contributed by atoms with Gasteiger partial charge in [0.15, 0.2) is 5.69 Å². The first-order valence-corrected chi connectivity index (χ1v) is 6.58. The van der Waals surface area contributed by atoms with Gasteiger partial charge in [-0.1, -0.05) is 30.3 Å². The monoisotopic (exact) mass is 292 g/mol. The van der Waals surface area contributed by atoms with Gasteiger partial charge in [-0.25, -0.2) is 14.6 Å². The Balaban J connectivity index is 2.02. The molecule has 1 aromatic heterocycles. The van der Waals surface area contributed by atoms with Crippen LogP contribution in [0.1, 0.15) is 16.1 Å². The molecule has 0 atom stereocenters. The lowest BCUT2D eigenvalue weighted by Gasteiger charge is -2.15. The number of ether oxygens (including phenoxy) is 1. The van der Waals surface area contributed by atoms with E-state index in [0.29, 0.717) is 0 Å². The summed E-state index contributed by atoms with van der Waals surface area (Å²) in [7, 11) is 1.45. The van der Waals surface area contributed by atoms with Crippen LogP contribution in [-0.4, -0.2) is 29.2 Å². The third kappa shape index (κ3) is 3.12. The molecule has 1 amide bonds. The van der Waals surface area contributed by atoms with E-state index in [-0.39, 0.29) is 17.3 Å². The molecule has 0 saturated heterocycles. The molecule has 6 nitrogen and oxygen atoms in total. The highest BCUT2D eigenvalue weighted by Gasteiger charge is 2.22. The Morgan fingerprint density at radius 3 is 2.70 bits per heavy atom. The van der Waals surface area contributed by atoms with E-state index < -0.39 is 12.1 Å². The van der Waals surface area contributed by atoms with Crippen molar-refractivity contribution in [1.82, 2.24) is 4.98 Å². The van der Waals surface area contributed by atoms with E-state index in [1.165, 1.54) is 12.6 Å². The maximum absolute atomic E-state index is 11.9. The second-order valence-corrected chi connectivity index (χ2v) is 4.74. The fourth-order valence-electron chi connectivity index (χ4n) is 1.52. The quantitative estimate of drug-likeness (QED) is 0.937. The van der Waals surface area contributed by atoms with Crippen LogP contribution < -0.4 is 4.90 Å². The minimum atomic E-state index is -1.18. The lowest BCUT2D eigenvalue weighted by Crippen LogP contribution is -2.27. The van der Waals surface area contributed by atoms with Crippen molar-refractivity contribution in [3.05, 3.63) is 47.1 Å². The third-order valence-corrected chi connectivity index (χ3v) is 3.44. The predicted octanol–water partition coefficient (Wildman–Crippen LogP) is 2.61. The van der Waals surface area contributed by atoms with Gasteiger partial charge in [-0.3, -0.25) is 4.90 Å². The van der Waals surface area contributed by atoms with Crippen LogP contribution in [0.15, 0.2) is 35.8 Å². The molecule has 0 spiro atoms. The highest BCUT2D eigenvalue weighted by molar-refractivity contribution is 7.14. The van der Waals surface area contributed by atoms with Crippen molar-refractivity contribution >= 4 is 28.4 Å². The molecule has 0 fully saturated rings. The zero-order valence-electron chi connectivity index (χ0n) is 10.6. The molecule has 0 saturated carbocycles. The van der Waals surface area contributed by atoms with Crippen LogP contribution in [0.2, 0.25) is 0 Å². The largest absolute Gasteiger partial charge is 0.476 e. The zero-order chi connectivity index (χ0) is 14.5. The summed E-state index contributed by atoms with van der Waals surface area (Å²) in [4.78, 5) is 27.7. The number of rotatable bonds is 4. The number of aromatic carboxylic acids is 1. The van der Waals surface area contributed by atoms with Crippen LogP contribution >= 0.6 is 11.3 Å². The van der Waals surface area contributed by atoms with Gasteiger partial charge in [0, 0.05) is 7.05 Å². The molecule has 0 aliphatic heterocycles. The Morgan fingerprint density at radius 1 is 1.35 bits per heavy atom. The average molecular weight is 292 g/mol. The molecule has 1 aromatic carbocycles. The molecule has 2 rings (SSSR count). The normalized spacial score (nSPS) is 10.1. The number of hydrogen-bond acceptors (Lipinski definition) is 5. The molecule has 0 bridgehead atoms. The Bertz CT molecular complexity index is 612. The summed E-state index contributed by atoms with van der Waals surface area (Å²) in [6.07, 6.45) is -0.624. The van der Waals surface area contributed by atoms with Crippen LogP contribution in [0.4, 0.5) is 9.80 Å². The van der Waals surface area contributed by atoms with Crippen molar-refractivity contribution in [2.45, 2.75) is 6.61 Å². The molecule has 7 heteroatoms.